The van der Waals surface area contributed by atoms with Crippen molar-refractivity contribution in [2.24, 2.45) is 5.84 Å². The maximum absolute atomic E-state index is 12.1. The first-order valence-electron chi connectivity index (χ1n) is 6.08. The lowest BCUT2D eigenvalue weighted by molar-refractivity contribution is -0.135. The van der Waals surface area contributed by atoms with Gasteiger partial charge in [-0.15, -0.1) is 0 Å². The number of rotatable bonds is 6. The topological polar surface area (TPSA) is 38.0 Å². The number of hydrogen-bond acceptors (Lipinski definition) is 2. The van der Waals surface area contributed by atoms with Crippen molar-refractivity contribution >= 4 is 0 Å². The predicted molar refractivity (Wildman–Crippen MR) is 65.8 cm³/mol. The van der Waals surface area contributed by atoms with Gasteiger partial charge in [0.2, 0.25) is 0 Å². The Kier molecular flexibility index (Phi) is 5.62. The number of aryl methyl sites for hydroxylation is 1. The van der Waals surface area contributed by atoms with Crippen molar-refractivity contribution in [1.29, 1.82) is 0 Å². The molecule has 1 atom stereocenters. The Morgan fingerprint density at radius 3 is 2.50 bits per heavy atom. The van der Waals surface area contributed by atoms with Gasteiger partial charge < -0.3 is 0 Å². The summed E-state index contributed by atoms with van der Waals surface area (Å²) in [5.41, 5.74) is 4.72. The molecule has 2 nitrogen and oxygen atoms in total. The first-order chi connectivity index (χ1) is 8.48. The lowest BCUT2D eigenvalue weighted by atomic mass is 9.95. The number of hydrazine groups is 1. The monoisotopic (exact) mass is 260 g/mol. The minimum Gasteiger partial charge on any atom is -0.271 e. The predicted octanol–water partition coefficient (Wildman–Crippen LogP) is 3.49. The molecule has 0 bridgehead atoms. The lowest BCUT2D eigenvalue weighted by Crippen LogP contribution is -2.29. The number of hydrogen-bond donors (Lipinski definition) is 2. The van der Waals surface area contributed by atoms with Crippen molar-refractivity contribution in [3.63, 3.8) is 0 Å². The van der Waals surface area contributed by atoms with Crippen LogP contribution in [0.1, 0.15) is 43.4 Å². The molecule has 5 heteroatoms. The van der Waals surface area contributed by atoms with E-state index in [0.717, 1.165) is 17.5 Å². The zero-order valence-electron chi connectivity index (χ0n) is 10.4. The third-order valence-electron chi connectivity index (χ3n) is 2.97. The van der Waals surface area contributed by atoms with E-state index in [9.17, 15) is 13.2 Å². The van der Waals surface area contributed by atoms with Crippen LogP contribution in [0.3, 0.4) is 0 Å². The van der Waals surface area contributed by atoms with E-state index in [1.165, 1.54) is 0 Å². The number of halogens is 3. The van der Waals surface area contributed by atoms with E-state index in [1.807, 2.05) is 31.2 Å². The van der Waals surface area contributed by atoms with Gasteiger partial charge in [-0.1, -0.05) is 31.2 Å². The van der Waals surface area contributed by atoms with Gasteiger partial charge in [-0.3, -0.25) is 11.3 Å². The van der Waals surface area contributed by atoms with Crippen LogP contribution in [0, 0.1) is 0 Å². The molecule has 1 rings (SSSR count). The van der Waals surface area contributed by atoms with Gasteiger partial charge in [0.15, 0.2) is 0 Å². The van der Waals surface area contributed by atoms with Crippen LogP contribution in [0.25, 0.3) is 0 Å². The van der Waals surface area contributed by atoms with Crippen molar-refractivity contribution in [3.05, 3.63) is 35.4 Å². The van der Waals surface area contributed by atoms with Gasteiger partial charge in [0.05, 0.1) is 0 Å². The van der Waals surface area contributed by atoms with E-state index in [0.29, 0.717) is 6.42 Å². The largest absolute Gasteiger partial charge is 0.389 e. The summed E-state index contributed by atoms with van der Waals surface area (Å²) in [5.74, 6) is 5.45. The molecule has 0 amide bonds. The maximum atomic E-state index is 12.1. The summed E-state index contributed by atoms with van der Waals surface area (Å²) in [4.78, 5) is 0. The molecule has 0 aliphatic rings. The van der Waals surface area contributed by atoms with Crippen LogP contribution in [-0.2, 0) is 6.42 Å². The lowest BCUT2D eigenvalue weighted by Gasteiger charge is -2.19. The fraction of sp³-hybridized carbons (Fsp3) is 0.538. The maximum Gasteiger partial charge on any atom is 0.389 e. The molecule has 102 valence electrons. The molecule has 0 fully saturated rings. The van der Waals surface area contributed by atoms with E-state index < -0.39 is 12.6 Å². The average molecular weight is 260 g/mol. The molecule has 0 saturated heterocycles. The van der Waals surface area contributed by atoms with Crippen molar-refractivity contribution in [3.8, 4) is 0 Å². The summed E-state index contributed by atoms with van der Waals surface area (Å²) in [6.07, 6.45) is -3.56. The molecule has 1 aromatic rings. The molecule has 0 aliphatic heterocycles. The highest BCUT2D eigenvalue weighted by Gasteiger charge is 2.27. The Morgan fingerprint density at radius 1 is 1.28 bits per heavy atom. The summed E-state index contributed by atoms with van der Waals surface area (Å²) in [5, 5.41) is 0. The van der Waals surface area contributed by atoms with Crippen LogP contribution in [0.5, 0.6) is 0 Å². The summed E-state index contributed by atoms with van der Waals surface area (Å²) in [6, 6.07) is 7.47. The zero-order chi connectivity index (χ0) is 13.6. The van der Waals surface area contributed by atoms with Gasteiger partial charge in [-0.25, -0.2) is 0 Å². The Balaban J connectivity index is 2.65. The van der Waals surface area contributed by atoms with Gasteiger partial charge in [0.1, 0.15) is 0 Å². The first-order valence-corrected chi connectivity index (χ1v) is 6.08. The highest BCUT2D eigenvalue weighted by molar-refractivity contribution is 5.29. The van der Waals surface area contributed by atoms with Crippen molar-refractivity contribution in [2.75, 3.05) is 0 Å². The number of nitrogens with one attached hydrogen (secondary N) is 1. The third kappa shape index (κ3) is 4.66. The first kappa shape index (κ1) is 15.0. The smallest absolute Gasteiger partial charge is 0.271 e. The van der Waals surface area contributed by atoms with Gasteiger partial charge in [0.25, 0.3) is 0 Å². The standard InChI is InChI=1S/C13H19F3N2/c1-2-10-6-3-4-7-11(10)12(18-17)8-5-9-13(14,15)16/h3-4,6-7,12,18H,2,5,8-9,17H2,1H3. The Bertz CT molecular complexity index is 363. The van der Waals surface area contributed by atoms with E-state index in [1.54, 1.807) is 0 Å². The highest BCUT2D eigenvalue weighted by atomic mass is 19.4. The number of benzene rings is 1. The van der Waals surface area contributed by atoms with Crippen molar-refractivity contribution in [2.45, 2.75) is 44.8 Å². The molecule has 0 aliphatic carbocycles. The van der Waals surface area contributed by atoms with E-state index in [2.05, 4.69) is 5.43 Å². The molecule has 0 saturated carbocycles. The summed E-state index contributed by atoms with van der Waals surface area (Å²) in [7, 11) is 0. The van der Waals surface area contributed by atoms with Gasteiger partial charge in [0, 0.05) is 12.5 Å². The third-order valence-corrected chi connectivity index (χ3v) is 2.97. The van der Waals surface area contributed by atoms with Crippen LogP contribution in [-0.4, -0.2) is 6.18 Å². The minimum atomic E-state index is -4.09. The quantitative estimate of drug-likeness (QED) is 0.607. The minimum absolute atomic E-state index is 0.0798. The van der Waals surface area contributed by atoms with Crippen molar-refractivity contribution < 1.29 is 13.2 Å². The number of alkyl halides is 3. The fourth-order valence-electron chi connectivity index (χ4n) is 2.03. The average Bonchev–Trinajstić information content (AvgIpc) is 2.33. The molecule has 1 aromatic carbocycles. The van der Waals surface area contributed by atoms with Crippen LogP contribution in [0.4, 0.5) is 13.2 Å². The van der Waals surface area contributed by atoms with Crippen LogP contribution < -0.4 is 11.3 Å². The molecular weight excluding hydrogens is 241 g/mol. The Hall–Kier alpha value is -1.07. The Morgan fingerprint density at radius 2 is 1.94 bits per heavy atom. The second-order valence-electron chi connectivity index (χ2n) is 4.28. The summed E-state index contributed by atoms with van der Waals surface area (Å²) in [6.45, 7) is 2.02. The van der Waals surface area contributed by atoms with Gasteiger partial charge in [-0.2, -0.15) is 13.2 Å². The molecule has 3 N–H and O–H groups in total. The SMILES string of the molecule is CCc1ccccc1C(CCCC(F)(F)F)NN. The van der Waals surface area contributed by atoms with Crippen LogP contribution >= 0.6 is 0 Å². The molecule has 1 unspecified atom stereocenters. The van der Waals surface area contributed by atoms with Crippen LogP contribution in [0.2, 0.25) is 0 Å². The normalized spacial score (nSPS) is 13.6. The van der Waals surface area contributed by atoms with Crippen LogP contribution in [0.15, 0.2) is 24.3 Å². The molecule has 0 heterocycles. The summed E-state index contributed by atoms with van der Waals surface area (Å²) >= 11 is 0. The zero-order valence-corrected chi connectivity index (χ0v) is 10.4. The second-order valence-corrected chi connectivity index (χ2v) is 4.28. The van der Waals surface area contributed by atoms with E-state index in [4.69, 9.17) is 5.84 Å². The fourth-order valence-corrected chi connectivity index (χ4v) is 2.03. The molecule has 0 aromatic heterocycles. The van der Waals surface area contributed by atoms with E-state index >= 15 is 0 Å². The van der Waals surface area contributed by atoms with Gasteiger partial charge in [-0.05, 0) is 30.4 Å². The molecule has 0 radical (unpaired) electrons. The molecule has 0 spiro atoms. The Labute approximate surface area is 105 Å². The van der Waals surface area contributed by atoms with E-state index in [-0.39, 0.29) is 12.5 Å². The van der Waals surface area contributed by atoms with Crippen molar-refractivity contribution in [1.82, 2.24) is 5.43 Å². The summed E-state index contributed by atoms with van der Waals surface area (Å²) < 4.78 is 36.3. The molecule has 18 heavy (non-hydrogen) atoms. The van der Waals surface area contributed by atoms with Gasteiger partial charge >= 0.3 is 6.18 Å². The molecular formula is C13H19F3N2. The highest BCUT2D eigenvalue weighted by Crippen LogP contribution is 2.27. The number of nitrogens with two attached hydrogens (primary N) is 1. The second kappa shape index (κ2) is 6.75.